The Morgan fingerprint density at radius 2 is 1.54 bits per heavy atom. The van der Waals surface area contributed by atoms with Gasteiger partial charge in [0, 0.05) is 51.1 Å². The Hall–Kier alpha value is -4.68. The van der Waals surface area contributed by atoms with Crippen LogP contribution in [0.25, 0.3) is 16.6 Å². The minimum Gasteiger partial charge on any atom is -0.368 e. The monoisotopic (exact) mass is 796 g/mol. The summed E-state index contributed by atoms with van der Waals surface area (Å²) in [5, 5.41) is 0.908. The number of halogens is 3. The van der Waals surface area contributed by atoms with Crippen molar-refractivity contribution in [3.8, 4) is 5.69 Å². The second-order valence-corrected chi connectivity index (χ2v) is 16.9. The maximum atomic E-state index is 15.1. The number of imide groups is 1. The number of fused-ring (bicyclic) bond motifs is 7. The lowest BCUT2D eigenvalue weighted by Crippen LogP contribution is -2.49. The van der Waals surface area contributed by atoms with E-state index in [1.165, 1.54) is 29.7 Å². The zero-order chi connectivity index (χ0) is 39.4. The lowest BCUT2D eigenvalue weighted by molar-refractivity contribution is -0.132. The first-order valence-electron chi connectivity index (χ1n) is 20.6. The van der Waals surface area contributed by atoms with E-state index in [0.29, 0.717) is 65.9 Å². The van der Waals surface area contributed by atoms with Gasteiger partial charge in [-0.15, -0.1) is 0 Å². The molecule has 0 N–H and O–H groups in total. The number of piperazine rings is 1. The van der Waals surface area contributed by atoms with Crippen LogP contribution in [0.5, 0.6) is 0 Å². The van der Waals surface area contributed by atoms with Crippen LogP contribution in [0.1, 0.15) is 99.9 Å². The van der Waals surface area contributed by atoms with E-state index < -0.39 is 29.1 Å². The zero-order valence-corrected chi connectivity index (χ0v) is 32.8. The maximum absolute atomic E-state index is 15.1. The number of carbonyl (C=O) groups excluding carboxylic acids is 3. The molecule has 1 spiro atoms. The Morgan fingerprint density at radius 1 is 0.842 bits per heavy atom. The Labute approximate surface area is 335 Å². The third-order valence-electron chi connectivity index (χ3n) is 13.2. The number of aromatic nitrogens is 2. The highest BCUT2D eigenvalue weighted by Crippen LogP contribution is 2.52. The molecular formula is C44H47ClF2N6O4. The van der Waals surface area contributed by atoms with Crippen molar-refractivity contribution in [2.75, 3.05) is 55.6 Å². The average molecular weight is 797 g/mol. The van der Waals surface area contributed by atoms with Gasteiger partial charge >= 0.3 is 0 Å². The first-order valence-corrected chi connectivity index (χ1v) is 21.0. The van der Waals surface area contributed by atoms with Gasteiger partial charge in [0.1, 0.15) is 11.5 Å². The summed E-state index contributed by atoms with van der Waals surface area (Å²) in [5.41, 5.74) is 3.76. The van der Waals surface area contributed by atoms with Gasteiger partial charge in [-0.2, -0.15) is 4.98 Å². The molecule has 0 radical (unpaired) electrons. The van der Waals surface area contributed by atoms with Crippen LogP contribution in [-0.2, 0) is 19.8 Å². The van der Waals surface area contributed by atoms with Crippen molar-refractivity contribution in [3.63, 3.8) is 0 Å². The SMILES string of the molecule is O=C(CCCN1CCC(c2ccc3c(c2)-n2c(nc(=O)c4c(Cl)cccc42)C32CCCCC2)CC1)N1CCN(c2cc(F)c(N3C(=O)CCCC3=O)c(F)c2)CC1. The Balaban J connectivity index is 0.792. The first kappa shape index (κ1) is 37.9. The van der Waals surface area contributed by atoms with Crippen LogP contribution in [0.4, 0.5) is 20.2 Å². The number of amides is 3. The van der Waals surface area contributed by atoms with Gasteiger partial charge in [-0.25, -0.2) is 13.7 Å². The number of nitrogens with zero attached hydrogens (tertiary/aromatic N) is 6. The Kier molecular flexibility index (Phi) is 10.1. The molecule has 5 heterocycles. The third kappa shape index (κ3) is 6.72. The van der Waals surface area contributed by atoms with Gasteiger partial charge < -0.3 is 14.7 Å². The molecule has 0 atom stereocenters. The standard InChI is InChI=1S/C44H47ClF2N6O4/c45-32-7-4-8-35-40(32)42(57)48-43-44(16-2-1-3-17-44)31-13-12-29(25-36(31)52(35)43)28-14-19-49(20-15-28)18-6-11-37(54)51-23-21-50(22-24-51)30-26-33(46)41(34(47)27-30)53-38(55)9-5-10-39(53)56/h4,7-8,12-13,25-28H,1-3,5-6,9-11,14-24H2. The molecule has 5 aliphatic rings. The van der Waals surface area contributed by atoms with E-state index in [1.807, 2.05) is 21.9 Å². The normalized spacial score (nSPS) is 20.1. The second-order valence-electron chi connectivity index (χ2n) is 16.5. The minimum atomic E-state index is -0.947. The van der Waals surface area contributed by atoms with Crippen LogP contribution in [0.15, 0.2) is 53.3 Å². The van der Waals surface area contributed by atoms with Crippen molar-refractivity contribution < 1.29 is 23.2 Å². The van der Waals surface area contributed by atoms with Crippen molar-refractivity contribution in [1.82, 2.24) is 19.4 Å². The third-order valence-corrected chi connectivity index (χ3v) is 13.5. The summed E-state index contributed by atoms with van der Waals surface area (Å²) < 4.78 is 32.5. The van der Waals surface area contributed by atoms with E-state index in [1.54, 1.807) is 6.07 Å². The zero-order valence-electron chi connectivity index (χ0n) is 32.1. The minimum absolute atomic E-state index is 0.0761. The molecule has 57 heavy (non-hydrogen) atoms. The number of piperidine rings is 2. The molecule has 3 amide bonds. The second kappa shape index (κ2) is 15.2. The van der Waals surface area contributed by atoms with Gasteiger partial charge in [0.15, 0.2) is 11.6 Å². The average Bonchev–Trinajstić information content (AvgIpc) is 3.46. The van der Waals surface area contributed by atoms with Gasteiger partial charge in [0.05, 0.1) is 27.0 Å². The fraction of sp³-hybridized carbons (Fsp3) is 0.477. The van der Waals surface area contributed by atoms with Gasteiger partial charge in [-0.1, -0.05) is 49.1 Å². The van der Waals surface area contributed by atoms with E-state index in [2.05, 4.69) is 27.7 Å². The Morgan fingerprint density at radius 3 is 2.25 bits per heavy atom. The first-order chi connectivity index (χ1) is 27.6. The van der Waals surface area contributed by atoms with Crippen LogP contribution in [-0.4, -0.2) is 82.9 Å². The number of benzene rings is 3. The largest absolute Gasteiger partial charge is 0.368 e. The molecule has 4 fully saturated rings. The molecular weight excluding hydrogens is 750 g/mol. The predicted octanol–water partition coefficient (Wildman–Crippen LogP) is 7.23. The lowest BCUT2D eigenvalue weighted by Gasteiger charge is -2.37. The highest BCUT2D eigenvalue weighted by Gasteiger charge is 2.47. The molecule has 13 heteroatoms. The van der Waals surface area contributed by atoms with E-state index in [0.717, 1.165) is 81.6 Å². The summed E-state index contributed by atoms with van der Waals surface area (Å²) in [6.45, 7) is 4.48. The van der Waals surface area contributed by atoms with Gasteiger partial charge in [0.25, 0.3) is 5.56 Å². The summed E-state index contributed by atoms with van der Waals surface area (Å²) in [4.78, 5) is 62.6. The predicted molar refractivity (Wildman–Crippen MR) is 215 cm³/mol. The van der Waals surface area contributed by atoms with Crippen LogP contribution >= 0.6 is 11.6 Å². The number of hydrogen-bond donors (Lipinski definition) is 0. The molecule has 4 aliphatic heterocycles. The number of carbonyl (C=O) groups is 3. The molecule has 10 nitrogen and oxygen atoms in total. The molecule has 0 unspecified atom stereocenters. The topological polar surface area (TPSA) is 99.1 Å². The van der Waals surface area contributed by atoms with Crippen molar-refractivity contribution in [1.29, 1.82) is 0 Å². The number of anilines is 2. The van der Waals surface area contributed by atoms with Crippen molar-refractivity contribution in [2.24, 2.45) is 0 Å². The maximum Gasteiger partial charge on any atom is 0.282 e. The Bertz CT molecular complexity index is 2290. The van der Waals surface area contributed by atoms with Gasteiger partial charge in [-0.3, -0.25) is 23.7 Å². The summed E-state index contributed by atoms with van der Waals surface area (Å²) in [7, 11) is 0. The molecule has 0 bridgehead atoms. The van der Waals surface area contributed by atoms with Crippen molar-refractivity contribution in [2.45, 2.75) is 88.4 Å². The summed E-state index contributed by atoms with van der Waals surface area (Å²) in [6.07, 6.45) is 9.17. The molecule has 1 aliphatic carbocycles. The summed E-state index contributed by atoms with van der Waals surface area (Å²) >= 11 is 6.58. The molecule has 1 saturated carbocycles. The van der Waals surface area contributed by atoms with Crippen LogP contribution in [0.2, 0.25) is 5.02 Å². The fourth-order valence-electron chi connectivity index (χ4n) is 10.2. The van der Waals surface area contributed by atoms with Crippen LogP contribution in [0.3, 0.4) is 0 Å². The van der Waals surface area contributed by atoms with E-state index >= 15 is 8.78 Å². The number of rotatable bonds is 7. The van der Waals surface area contributed by atoms with Gasteiger partial charge in [-0.05, 0) is 106 Å². The van der Waals surface area contributed by atoms with Crippen LogP contribution in [0, 0.1) is 11.6 Å². The van der Waals surface area contributed by atoms with E-state index in [-0.39, 0.29) is 29.7 Å². The quantitative estimate of drug-likeness (QED) is 0.182. The van der Waals surface area contributed by atoms with E-state index in [9.17, 15) is 19.2 Å². The lowest BCUT2D eigenvalue weighted by atomic mass is 9.69. The van der Waals surface area contributed by atoms with Gasteiger partial charge in [0.2, 0.25) is 17.7 Å². The van der Waals surface area contributed by atoms with E-state index in [4.69, 9.17) is 16.6 Å². The molecule has 3 aromatic carbocycles. The highest BCUT2D eigenvalue weighted by atomic mass is 35.5. The van der Waals surface area contributed by atoms with Crippen molar-refractivity contribution in [3.05, 3.63) is 92.5 Å². The smallest absolute Gasteiger partial charge is 0.282 e. The van der Waals surface area contributed by atoms with Crippen molar-refractivity contribution >= 4 is 51.6 Å². The van der Waals surface area contributed by atoms with Crippen LogP contribution < -0.4 is 15.4 Å². The molecule has 4 aromatic rings. The highest BCUT2D eigenvalue weighted by molar-refractivity contribution is 6.35. The fourth-order valence-corrected chi connectivity index (χ4v) is 10.5. The number of likely N-dealkylation sites (tertiary alicyclic amines) is 1. The molecule has 298 valence electrons. The summed E-state index contributed by atoms with van der Waals surface area (Å²) in [6, 6.07) is 15.0. The summed E-state index contributed by atoms with van der Waals surface area (Å²) in [5.74, 6) is -1.73. The molecule has 1 aromatic heterocycles. The number of hydrogen-bond acceptors (Lipinski definition) is 7. The molecule has 3 saturated heterocycles. The molecule has 9 rings (SSSR count).